The number of nitrogens with zero attached hydrogens (tertiary/aromatic N) is 4. The summed E-state index contributed by atoms with van der Waals surface area (Å²) in [6.45, 7) is 3.29. The van der Waals surface area contributed by atoms with Crippen LogP contribution in [0.4, 0.5) is 9.52 Å². The predicted molar refractivity (Wildman–Crippen MR) is 120 cm³/mol. The molecule has 0 aliphatic heterocycles. The second-order valence-electron chi connectivity index (χ2n) is 7.86. The van der Waals surface area contributed by atoms with Crippen molar-refractivity contribution in [2.24, 2.45) is 0 Å². The molecule has 33 heavy (non-hydrogen) atoms. The van der Waals surface area contributed by atoms with Gasteiger partial charge in [-0.25, -0.2) is 4.39 Å². The summed E-state index contributed by atoms with van der Waals surface area (Å²) in [6, 6.07) is 1.62. The number of pyridine rings is 2. The summed E-state index contributed by atoms with van der Waals surface area (Å²) >= 11 is 1.08. The zero-order valence-electron chi connectivity index (χ0n) is 18.5. The van der Waals surface area contributed by atoms with Crippen molar-refractivity contribution in [3.63, 3.8) is 0 Å². The van der Waals surface area contributed by atoms with E-state index in [0.717, 1.165) is 30.6 Å². The second-order valence-corrected chi connectivity index (χ2v) is 8.80. The number of hydrogen-bond donors (Lipinski definition) is 2. The Kier molecular flexibility index (Phi) is 6.80. The molecule has 2 N–H and O–H groups in total. The topological polar surface area (TPSA) is 119 Å². The number of rotatable bonds is 6. The minimum absolute atomic E-state index is 0.136. The van der Waals surface area contributed by atoms with Crippen LogP contribution in [0.3, 0.4) is 0 Å². The van der Waals surface area contributed by atoms with Crippen LogP contribution < -0.4 is 14.8 Å². The van der Waals surface area contributed by atoms with E-state index in [9.17, 15) is 9.90 Å². The number of methoxy groups -OCH3 is 1. The number of aliphatic hydroxyl groups excluding tert-OH is 1. The maximum absolute atomic E-state index is 15.0. The van der Waals surface area contributed by atoms with Crippen molar-refractivity contribution in [3.8, 4) is 22.1 Å². The standard InChI is InChI=1S/C22H24FN5O4S/c1-11-7-15(18-17(31-3)10-25-12(2)19(18)23)16(9-24-11)20(30)26-21-27-28-22(33-21)32-14-6-4-5-13(29)8-14/h7,9-10,13-14,29H,4-6,8H2,1-3H3,(H,26,27,30)/t13-,14+/m0/s1. The molecule has 3 heterocycles. The highest BCUT2D eigenvalue weighted by Gasteiger charge is 2.25. The van der Waals surface area contributed by atoms with Gasteiger partial charge in [0.2, 0.25) is 5.13 Å². The summed E-state index contributed by atoms with van der Waals surface area (Å²) in [4.78, 5) is 21.3. The molecule has 1 saturated carbocycles. The Balaban J connectivity index is 1.58. The summed E-state index contributed by atoms with van der Waals surface area (Å²) in [6.07, 6.45) is 5.31. The molecule has 9 nitrogen and oxygen atoms in total. The van der Waals surface area contributed by atoms with Crippen molar-refractivity contribution < 1.29 is 23.8 Å². The van der Waals surface area contributed by atoms with E-state index in [2.05, 4.69) is 25.5 Å². The molecule has 2 atom stereocenters. The minimum Gasteiger partial charge on any atom is -0.494 e. The number of carbonyl (C=O) groups is 1. The van der Waals surface area contributed by atoms with Crippen LogP contribution in [0.1, 0.15) is 47.4 Å². The molecule has 11 heteroatoms. The summed E-state index contributed by atoms with van der Waals surface area (Å²) in [7, 11) is 1.41. The zero-order chi connectivity index (χ0) is 23.5. The van der Waals surface area contributed by atoms with E-state index >= 15 is 4.39 Å². The van der Waals surface area contributed by atoms with E-state index in [0.29, 0.717) is 22.9 Å². The van der Waals surface area contributed by atoms with Gasteiger partial charge in [0.05, 0.1) is 36.2 Å². The van der Waals surface area contributed by atoms with Crippen molar-refractivity contribution >= 4 is 22.4 Å². The van der Waals surface area contributed by atoms with E-state index in [1.54, 1.807) is 19.9 Å². The molecule has 0 spiro atoms. The monoisotopic (exact) mass is 473 g/mol. The quantitative estimate of drug-likeness (QED) is 0.556. The van der Waals surface area contributed by atoms with Gasteiger partial charge in [-0.3, -0.25) is 20.1 Å². The molecule has 0 saturated heterocycles. The van der Waals surface area contributed by atoms with E-state index in [1.165, 1.54) is 19.5 Å². The van der Waals surface area contributed by atoms with Gasteiger partial charge in [-0.1, -0.05) is 5.10 Å². The fraction of sp³-hybridized carbons (Fsp3) is 0.409. The molecule has 1 aliphatic carbocycles. The highest BCUT2D eigenvalue weighted by molar-refractivity contribution is 7.17. The fourth-order valence-corrected chi connectivity index (χ4v) is 4.42. The number of halogens is 1. The Morgan fingerprint density at radius 1 is 1.24 bits per heavy atom. The molecule has 0 radical (unpaired) electrons. The number of hydrogen-bond acceptors (Lipinski definition) is 9. The molecule has 0 unspecified atom stereocenters. The smallest absolute Gasteiger partial charge is 0.296 e. The van der Waals surface area contributed by atoms with Crippen molar-refractivity contribution in [1.82, 2.24) is 20.2 Å². The average Bonchev–Trinajstić information content (AvgIpc) is 3.21. The summed E-state index contributed by atoms with van der Waals surface area (Å²) < 4.78 is 26.2. The van der Waals surface area contributed by atoms with Crippen LogP contribution >= 0.6 is 11.3 Å². The maximum Gasteiger partial charge on any atom is 0.296 e. The lowest BCUT2D eigenvalue weighted by Crippen LogP contribution is -2.28. The van der Waals surface area contributed by atoms with Crippen LogP contribution in [-0.2, 0) is 0 Å². The Morgan fingerprint density at radius 2 is 2.06 bits per heavy atom. The Bertz CT molecular complexity index is 1170. The zero-order valence-corrected chi connectivity index (χ0v) is 19.3. The molecule has 0 bridgehead atoms. The normalized spacial score (nSPS) is 18.1. The Hall–Kier alpha value is -3.18. The predicted octanol–water partition coefficient (Wildman–Crippen LogP) is 3.69. The van der Waals surface area contributed by atoms with Crippen LogP contribution in [-0.4, -0.2) is 50.5 Å². The van der Waals surface area contributed by atoms with E-state index in [1.807, 2.05) is 0 Å². The van der Waals surface area contributed by atoms with E-state index < -0.39 is 11.7 Å². The van der Waals surface area contributed by atoms with E-state index in [-0.39, 0.29) is 39.9 Å². The SMILES string of the molecule is COc1cnc(C)c(F)c1-c1cc(C)ncc1C(=O)Nc1nnc(O[C@@H]2CCC[C@H](O)C2)s1. The summed E-state index contributed by atoms with van der Waals surface area (Å²) in [5.41, 5.74) is 1.41. The number of anilines is 1. The number of aliphatic hydroxyl groups is 1. The molecule has 174 valence electrons. The fourth-order valence-electron chi connectivity index (χ4n) is 3.76. The lowest BCUT2D eigenvalue weighted by atomic mass is 9.95. The molecule has 1 fully saturated rings. The lowest BCUT2D eigenvalue weighted by molar-refractivity contribution is 0.0531. The van der Waals surface area contributed by atoms with E-state index in [4.69, 9.17) is 9.47 Å². The molecular formula is C22H24FN5O4S. The number of aryl methyl sites for hydroxylation is 2. The largest absolute Gasteiger partial charge is 0.494 e. The van der Waals surface area contributed by atoms with Crippen LogP contribution in [0.2, 0.25) is 0 Å². The average molecular weight is 474 g/mol. The van der Waals surface area contributed by atoms with Crippen molar-refractivity contribution in [1.29, 1.82) is 0 Å². The number of nitrogens with one attached hydrogen (secondary N) is 1. The molecule has 3 aromatic heterocycles. The maximum atomic E-state index is 15.0. The van der Waals surface area contributed by atoms with Gasteiger partial charge >= 0.3 is 0 Å². The molecule has 1 amide bonds. The van der Waals surface area contributed by atoms with Gasteiger partial charge in [0.1, 0.15) is 11.9 Å². The minimum atomic E-state index is -0.574. The Morgan fingerprint density at radius 3 is 2.82 bits per heavy atom. The third-order valence-corrected chi connectivity index (χ3v) is 6.16. The van der Waals surface area contributed by atoms with Crippen molar-refractivity contribution in [2.75, 3.05) is 12.4 Å². The van der Waals surface area contributed by atoms with Gasteiger partial charge in [0, 0.05) is 23.9 Å². The highest BCUT2D eigenvalue weighted by Crippen LogP contribution is 2.36. The van der Waals surface area contributed by atoms with Crippen LogP contribution in [0.5, 0.6) is 10.9 Å². The number of aromatic nitrogens is 4. The second kappa shape index (κ2) is 9.75. The number of ether oxygens (including phenoxy) is 2. The first-order chi connectivity index (χ1) is 15.9. The van der Waals surface area contributed by atoms with Gasteiger partial charge in [0.15, 0.2) is 5.82 Å². The van der Waals surface area contributed by atoms with Crippen molar-refractivity contribution in [3.05, 3.63) is 41.2 Å². The first-order valence-electron chi connectivity index (χ1n) is 10.5. The van der Waals surface area contributed by atoms with Gasteiger partial charge in [-0.2, -0.15) is 0 Å². The first-order valence-corrected chi connectivity index (χ1v) is 11.3. The van der Waals surface area contributed by atoms with Crippen LogP contribution in [0.15, 0.2) is 18.5 Å². The van der Waals surface area contributed by atoms with Gasteiger partial charge in [-0.15, -0.1) is 5.10 Å². The summed E-state index contributed by atoms with van der Waals surface area (Å²) in [5.74, 6) is -0.890. The summed E-state index contributed by atoms with van der Waals surface area (Å²) in [5, 5.41) is 21.0. The molecule has 0 aromatic carbocycles. The molecule has 3 aromatic rings. The molecule has 1 aliphatic rings. The third-order valence-electron chi connectivity index (χ3n) is 5.43. The van der Waals surface area contributed by atoms with Crippen LogP contribution in [0, 0.1) is 19.7 Å². The van der Waals surface area contributed by atoms with Crippen molar-refractivity contribution in [2.45, 2.75) is 51.7 Å². The Labute approximate surface area is 194 Å². The first kappa shape index (κ1) is 23.0. The number of amides is 1. The highest BCUT2D eigenvalue weighted by atomic mass is 32.1. The molecule has 4 rings (SSSR count). The third kappa shape index (κ3) is 5.09. The number of carbonyl (C=O) groups excluding carboxylic acids is 1. The van der Waals surface area contributed by atoms with Gasteiger partial charge < -0.3 is 14.6 Å². The van der Waals surface area contributed by atoms with Gasteiger partial charge in [-0.05, 0) is 50.5 Å². The van der Waals surface area contributed by atoms with Crippen LogP contribution in [0.25, 0.3) is 11.1 Å². The van der Waals surface area contributed by atoms with Gasteiger partial charge in [0.25, 0.3) is 11.1 Å². The lowest BCUT2D eigenvalue weighted by Gasteiger charge is -2.25. The molecular weight excluding hydrogens is 449 g/mol.